The molecule has 1 aromatic carbocycles. The Morgan fingerprint density at radius 1 is 1.53 bits per heavy atom. The highest BCUT2D eigenvalue weighted by molar-refractivity contribution is 5.72. The van der Waals surface area contributed by atoms with E-state index in [2.05, 4.69) is 5.32 Å². The highest BCUT2D eigenvalue weighted by Crippen LogP contribution is 2.24. The van der Waals surface area contributed by atoms with Crippen LogP contribution >= 0.6 is 0 Å². The zero-order valence-electron chi connectivity index (χ0n) is 10.6. The minimum atomic E-state index is -1.19. The number of benzene rings is 1. The first-order valence-electron chi connectivity index (χ1n) is 5.85. The van der Waals surface area contributed by atoms with Crippen LogP contribution in [0.3, 0.4) is 0 Å². The number of nitrogen functional groups attached to an aromatic ring is 1. The third kappa shape index (κ3) is 4.25. The molecule has 0 spiro atoms. The Hall–Kier alpha value is -2.10. The largest absolute Gasteiger partial charge is 0.399 e. The van der Waals surface area contributed by atoms with Crippen molar-refractivity contribution in [3.63, 3.8) is 0 Å². The summed E-state index contributed by atoms with van der Waals surface area (Å²) in [6.45, 7) is 1.63. The maximum absolute atomic E-state index is 10.7. The van der Waals surface area contributed by atoms with Crippen LogP contribution in [0.15, 0.2) is 18.2 Å². The number of anilines is 1. The zero-order valence-corrected chi connectivity index (χ0v) is 10.6. The molecule has 0 saturated carbocycles. The van der Waals surface area contributed by atoms with Crippen LogP contribution < -0.4 is 11.1 Å². The fourth-order valence-corrected chi connectivity index (χ4v) is 1.69. The molecule has 6 nitrogen and oxygen atoms in total. The molecule has 0 radical (unpaired) electrons. The first-order chi connectivity index (χ1) is 8.95. The minimum absolute atomic E-state index is 0.190. The molecule has 1 aromatic rings. The van der Waals surface area contributed by atoms with Gasteiger partial charge in [-0.2, -0.15) is 5.26 Å². The Balaban J connectivity index is 2.74. The maximum atomic E-state index is 10.7. The number of rotatable bonds is 5. The highest BCUT2D eigenvalue weighted by Gasteiger charge is 2.21. The molecular formula is C13H17N3O3. The molecule has 6 heteroatoms. The third-order valence-electron chi connectivity index (χ3n) is 2.69. The molecule has 19 heavy (non-hydrogen) atoms. The van der Waals surface area contributed by atoms with Crippen molar-refractivity contribution in [2.45, 2.75) is 25.6 Å². The number of aliphatic hydroxyl groups is 2. The highest BCUT2D eigenvalue weighted by atomic mass is 16.3. The molecule has 0 aliphatic carbocycles. The topological polar surface area (TPSA) is 119 Å². The van der Waals surface area contributed by atoms with Crippen LogP contribution in [0.1, 0.15) is 30.6 Å². The van der Waals surface area contributed by atoms with Crippen LogP contribution in [-0.4, -0.2) is 28.8 Å². The van der Waals surface area contributed by atoms with E-state index in [1.807, 2.05) is 6.07 Å². The van der Waals surface area contributed by atoms with Gasteiger partial charge in [0.05, 0.1) is 17.7 Å². The van der Waals surface area contributed by atoms with Gasteiger partial charge in [0.15, 0.2) is 0 Å². The Morgan fingerprint density at radius 2 is 2.21 bits per heavy atom. The molecule has 1 amide bonds. The molecule has 2 atom stereocenters. The number of amides is 1. The van der Waals surface area contributed by atoms with E-state index in [1.54, 1.807) is 6.07 Å². The summed E-state index contributed by atoms with van der Waals surface area (Å²) in [5.74, 6) is -0.202. The summed E-state index contributed by atoms with van der Waals surface area (Å²) in [5.41, 5.74) is 6.52. The molecule has 0 aromatic heterocycles. The van der Waals surface area contributed by atoms with Gasteiger partial charge in [0.1, 0.15) is 6.10 Å². The number of nitrogens with one attached hydrogen (secondary N) is 1. The Labute approximate surface area is 111 Å². The Kier molecular flexibility index (Phi) is 5.30. The van der Waals surface area contributed by atoms with Crippen LogP contribution in [0.4, 0.5) is 5.69 Å². The van der Waals surface area contributed by atoms with Crippen molar-refractivity contribution in [2.75, 3.05) is 12.3 Å². The summed E-state index contributed by atoms with van der Waals surface area (Å²) in [6, 6.07) is 6.44. The smallest absolute Gasteiger partial charge is 0.216 e. The number of carbonyl (C=O) groups excluding carboxylic acids is 1. The predicted octanol–water partition coefficient (Wildman–Crippen LogP) is 0.0610. The van der Waals surface area contributed by atoms with Gasteiger partial charge in [-0.25, -0.2) is 0 Å². The molecule has 2 unspecified atom stereocenters. The van der Waals surface area contributed by atoms with Crippen molar-refractivity contribution in [2.24, 2.45) is 0 Å². The SMILES string of the molecule is CC(=O)NCCC(O)C(O)c1ccc(N)cc1C#N. The first-order valence-corrected chi connectivity index (χ1v) is 5.85. The molecule has 0 bridgehead atoms. The Bertz CT molecular complexity index is 496. The number of nitriles is 1. The van der Waals surface area contributed by atoms with Crippen molar-refractivity contribution in [1.29, 1.82) is 5.26 Å². The van der Waals surface area contributed by atoms with Crippen LogP contribution in [0, 0.1) is 11.3 Å². The second-order valence-electron chi connectivity index (χ2n) is 4.24. The van der Waals surface area contributed by atoms with Crippen LogP contribution in [0.25, 0.3) is 0 Å². The summed E-state index contributed by atoms with van der Waals surface area (Å²) in [7, 11) is 0. The molecule has 0 fully saturated rings. The number of aliphatic hydroxyl groups excluding tert-OH is 2. The van der Waals surface area contributed by atoms with Crippen molar-refractivity contribution >= 4 is 11.6 Å². The normalized spacial score (nSPS) is 13.4. The molecule has 102 valence electrons. The summed E-state index contributed by atoms with van der Waals surface area (Å²) < 4.78 is 0. The Morgan fingerprint density at radius 3 is 2.79 bits per heavy atom. The molecule has 5 N–H and O–H groups in total. The average molecular weight is 263 g/mol. The maximum Gasteiger partial charge on any atom is 0.216 e. The van der Waals surface area contributed by atoms with Crippen LogP contribution in [-0.2, 0) is 4.79 Å². The molecule has 0 heterocycles. The minimum Gasteiger partial charge on any atom is -0.399 e. The third-order valence-corrected chi connectivity index (χ3v) is 2.69. The van der Waals surface area contributed by atoms with Gasteiger partial charge in [-0.15, -0.1) is 0 Å². The summed E-state index contributed by atoms with van der Waals surface area (Å²) in [4.78, 5) is 10.7. The number of hydrogen-bond donors (Lipinski definition) is 4. The van der Waals surface area contributed by atoms with E-state index in [4.69, 9.17) is 11.0 Å². The lowest BCUT2D eigenvalue weighted by Gasteiger charge is -2.19. The molecular weight excluding hydrogens is 246 g/mol. The van der Waals surface area contributed by atoms with E-state index in [0.29, 0.717) is 11.3 Å². The van der Waals surface area contributed by atoms with Crippen LogP contribution in [0.2, 0.25) is 0 Å². The monoisotopic (exact) mass is 263 g/mol. The van der Waals surface area contributed by atoms with E-state index in [9.17, 15) is 15.0 Å². The van der Waals surface area contributed by atoms with Crippen molar-refractivity contribution < 1.29 is 15.0 Å². The van der Waals surface area contributed by atoms with Crippen molar-refractivity contribution in [3.05, 3.63) is 29.3 Å². The summed E-state index contributed by atoms with van der Waals surface area (Å²) in [5, 5.41) is 31.3. The zero-order chi connectivity index (χ0) is 14.4. The molecule has 1 rings (SSSR count). The fraction of sp³-hybridized carbons (Fsp3) is 0.385. The average Bonchev–Trinajstić information content (AvgIpc) is 2.37. The van der Waals surface area contributed by atoms with Gasteiger partial charge in [-0.1, -0.05) is 6.07 Å². The predicted molar refractivity (Wildman–Crippen MR) is 69.8 cm³/mol. The van der Waals surface area contributed by atoms with Gasteiger partial charge in [0, 0.05) is 24.7 Å². The van der Waals surface area contributed by atoms with Crippen molar-refractivity contribution in [1.82, 2.24) is 5.32 Å². The number of carbonyl (C=O) groups is 1. The molecule has 0 aliphatic heterocycles. The molecule has 0 aliphatic rings. The summed E-state index contributed by atoms with van der Waals surface area (Å²) in [6.07, 6.45) is -2.07. The van der Waals surface area contributed by atoms with Crippen LogP contribution in [0.5, 0.6) is 0 Å². The second kappa shape index (κ2) is 6.73. The number of nitrogens with two attached hydrogens (primary N) is 1. The fourth-order valence-electron chi connectivity index (χ4n) is 1.69. The van der Waals surface area contributed by atoms with E-state index in [1.165, 1.54) is 19.1 Å². The number of hydrogen-bond acceptors (Lipinski definition) is 5. The van der Waals surface area contributed by atoms with E-state index >= 15 is 0 Å². The second-order valence-corrected chi connectivity index (χ2v) is 4.24. The van der Waals surface area contributed by atoms with Gasteiger partial charge >= 0.3 is 0 Å². The lowest BCUT2D eigenvalue weighted by atomic mass is 9.97. The summed E-state index contributed by atoms with van der Waals surface area (Å²) >= 11 is 0. The van der Waals surface area contributed by atoms with E-state index < -0.39 is 12.2 Å². The number of nitrogens with zero attached hydrogens (tertiary/aromatic N) is 1. The molecule has 0 saturated heterocycles. The van der Waals surface area contributed by atoms with Gasteiger partial charge in [-0.3, -0.25) is 4.79 Å². The van der Waals surface area contributed by atoms with E-state index in [0.717, 1.165) is 0 Å². The standard InChI is InChI=1S/C13H17N3O3/c1-8(17)16-5-4-12(18)13(19)11-3-2-10(15)6-9(11)7-14/h2-3,6,12-13,18-19H,4-5,15H2,1H3,(H,16,17). The first kappa shape index (κ1) is 15.0. The van der Waals surface area contributed by atoms with Crippen molar-refractivity contribution in [3.8, 4) is 6.07 Å². The quantitative estimate of drug-likeness (QED) is 0.560. The van der Waals surface area contributed by atoms with Gasteiger partial charge in [-0.05, 0) is 18.6 Å². The van der Waals surface area contributed by atoms with Gasteiger partial charge in [0.25, 0.3) is 0 Å². The van der Waals surface area contributed by atoms with Gasteiger partial charge < -0.3 is 21.3 Å². The lowest BCUT2D eigenvalue weighted by Crippen LogP contribution is -2.28. The van der Waals surface area contributed by atoms with E-state index in [-0.39, 0.29) is 24.4 Å². The lowest BCUT2D eigenvalue weighted by molar-refractivity contribution is -0.119. The van der Waals surface area contributed by atoms with Gasteiger partial charge in [0.2, 0.25) is 5.91 Å².